The Bertz CT molecular complexity index is 3780. The molecule has 0 amide bonds. The first-order valence-electron chi connectivity index (χ1n) is 25.2. The number of nitrogens with zero attached hydrogens (tertiary/aromatic N) is 5. The Morgan fingerprint density at radius 3 is 1.33 bits per heavy atom. The van der Waals surface area contributed by atoms with Gasteiger partial charge in [-0.05, 0) is 83.0 Å². The minimum Gasteiger partial charge on any atom is -0.463 e. The standard InChI is InChI=1S/C61H51N7O10/c1-35(69)73-34-53-58(75-36(2)70)59(76-37(3)71)60(77-38(4)72)61(78-53)74-33-43-32-68(67-66-43)44-22-20-42(21-23-44)57-51-30-28-49(64-51)55(40-16-10-6-11-17-40)47-26-24-45(62-47)54(39-14-8-5-9-15-39)46-25-27-48(63-46)56(41-18-12-7-13-19-41)50-29-31-52(57)65-50/h5-32,53,58-62,65H,33-34H2,1-4H3/t53-,58-,59+,60+,61+/m1/s1. The van der Waals surface area contributed by atoms with Gasteiger partial charge in [0.05, 0.1) is 41.3 Å². The number of carbonyl (C=O) groups is 4. The summed E-state index contributed by atoms with van der Waals surface area (Å²) in [5, 5.41) is 8.73. The van der Waals surface area contributed by atoms with Crippen LogP contribution in [0, 0.1) is 0 Å². The minimum atomic E-state index is -1.40. The first kappa shape index (κ1) is 50.6. The Kier molecular flexibility index (Phi) is 14.2. The zero-order chi connectivity index (χ0) is 53.9. The molecule has 17 nitrogen and oxygen atoms in total. The third-order valence-electron chi connectivity index (χ3n) is 13.2. The van der Waals surface area contributed by atoms with Crippen molar-refractivity contribution in [1.29, 1.82) is 0 Å². The molecule has 5 atom stereocenters. The Hall–Kier alpha value is -9.58. The Morgan fingerprint density at radius 2 is 0.910 bits per heavy atom. The van der Waals surface area contributed by atoms with Gasteiger partial charge >= 0.3 is 23.9 Å². The number of fused-ring (bicyclic) bond motifs is 8. The maximum Gasteiger partial charge on any atom is 0.303 e. The average molecular weight is 1040 g/mol. The van der Waals surface area contributed by atoms with E-state index in [4.69, 9.17) is 38.4 Å². The van der Waals surface area contributed by atoms with E-state index < -0.39 is 61.2 Å². The molecule has 0 saturated carbocycles. The van der Waals surface area contributed by atoms with Crippen LogP contribution >= 0.6 is 0 Å². The van der Waals surface area contributed by atoms with Gasteiger partial charge in [-0.25, -0.2) is 14.6 Å². The van der Waals surface area contributed by atoms with Gasteiger partial charge in [0.15, 0.2) is 24.6 Å². The molecule has 17 heteroatoms. The lowest BCUT2D eigenvalue weighted by molar-refractivity contribution is -0.310. The molecule has 1 saturated heterocycles. The van der Waals surface area contributed by atoms with E-state index >= 15 is 0 Å². The molecule has 0 radical (unpaired) electrons. The summed E-state index contributed by atoms with van der Waals surface area (Å²) in [4.78, 5) is 67.2. The second-order valence-corrected chi connectivity index (χ2v) is 18.7. The molecular formula is C61H51N7O10. The minimum absolute atomic E-state index is 0.217. The van der Waals surface area contributed by atoms with Crippen molar-refractivity contribution in [3.8, 4) is 50.2 Å². The van der Waals surface area contributed by atoms with Gasteiger partial charge in [-0.2, -0.15) is 0 Å². The molecule has 8 bridgehead atoms. The summed E-state index contributed by atoms with van der Waals surface area (Å²) in [5.41, 5.74) is 15.3. The highest BCUT2D eigenvalue weighted by molar-refractivity contribution is 6.00. The fourth-order valence-corrected chi connectivity index (χ4v) is 10.00. The van der Waals surface area contributed by atoms with Gasteiger partial charge in [0.1, 0.15) is 18.4 Å². The van der Waals surface area contributed by atoms with Crippen molar-refractivity contribution >= 4 is 70.2 Å². The number of hydrogen-bond acceptors (Lipinski definition) is 14. The van der Waals surface area contributed by atoms with Gasteiger partial charge in [0.2, 0.25) is 0 Å². The van der Waals surface area contributed by atoms with Crippen molar-refractivity contribution in [2.45, 2.75) is 65.0 Å². The highest BCUT2D eigenvalue weighted by Gasteiger charge is 2.53. The molecule has 4 aromatic heterocycles. The zero-order valence-corrected chi connectivity index (χ0v) is 42.8. The highest BCUT2D eigenvalue weighted by atomic mass is 16.7. The van der Waals surface area contributed by atoms with E-state index in [1.165, 1.54) is 6.92 Å². The Labute approximate surface area is 447 Å². The maximum absolute atomic E-state index is 12.4. The molecule has 0 aliphatic carbocycles. The van der Waals surface area contributed by atoms with Crippen LogP contribution in [-0.2, 0) is 54.2 Å². The molecule has 390 valence electrons. The summed E-state index contributed by atoms with van der Waals surface area (Å²) in [6.07, 6.45) is 3.26. The fourth-order valence-electron chi connectivity index (χ4n) is 10.00. The number of aromatic nitrogens is 7. The van der Waals surface area contributed by atoms with Crippen LogP contribution in [0.15, 0.2) is 146 Å². The van der Waals surface area contributed by atoms with Crippen LogP contribution in [-0.4, -0.2) is 96.1 Å². The summed E-state index contributed by atoms with van der Waals surface area (Å²) in [7, 11) is 0. The molecule has 3 aliphatic heterocycles. The maximum atomic E-state index is 12.4. The Morgan fingerprint density at radius 1 is 0.500 bits per heavy atom. The molecule has 7 heterocycles. The van der Waals surface area contributed by atoms with Crippen molar-refractivity contribution in [1.82, 2.24) is 34.9 Å². The van der Waals surface area contributed by atoms with Gasteiger partial charge < -0.3 is 38.4 Å². The van der Waals surface area contributed by atoms with E-state index in [2.05, 4.69) is 99.2 Å². The molecule has 0 spiro atoms. The van der Waals surface area contributed by atoms with Crippen molar-refractivity contribution in [2.75, 3.05) is 6.61 Å². The number of benzene rings is 4. The number of carbonyl (C=O) groups excluding carboxylic acids is 4. The molecule has 4 aromatic carbocycles. The summed E-state index contributed by atoms with van der Waals surface area (Å²) in [6, 6.07) is 47.0. The quantitative estimate of drug-likeness (QED) is 0.0813. The molecule has 11 rings (SSSR count). The number of esters is 4. The number of aromatic amines is 2. The zero-order valence-electron chi connectivity index (χ0n) is 42.8. The number of nitrogens with one attached hydrogen (secondary N) is 2. The van der Waals surface area contributed by atoms with Crippen LogP contribution in [0.3, 0.4) is 0 Å². The third kappa shape index (κ3) is 10.6. The largest absolute Gasteiger partial charge is 0.463 e. The van der Waals surface area contributed by atoms with E-state index in [0.29, 0.717) is 11.4 Å². The predicted octanol–water partition coefficient (Wildman–Crippen LogP) is 10.5. The number of hydrogen-bond donors (Lipinski definition) is 2. The van der Waals surface area contributed by atoms with Crippen LogP contribution in [0.25, 0.3) is 96.6 Å². The number of H-pyrrole nitrogens is 2. The molecule has 0 unspecified atom stereocenters. The van der Waals surface area contributed by atoms with Crippen LogP contribution in [0.5, 0.6) is 0 Å². The fraction of sp³-hybridized carbons (Fsp3) is 0.180. The summed E-state index contributed by atoms with van der Waals surface area (Å²) >= 11 is 0. The molecule has 2 N–H and O–H groups in total. The lowest BCUT2D eigenvalue weighted by atomic mass is 9.98. The molecular weight excluding hydrogens is 991 g/mol. The van der Waals surface area contributed by atoms with E-state index in [1.54, 1.807) is 10.9 Å². The highest BCUT2D eigenvalue weighted by Crippen LogP contribution is 2.39. The topological polar surface area (TPSA) is 212 Å². The molecule has 1 fully saturated rings. The SMILES string of the molecule is CC(=O)OC[C@H]1O[C@H](OCc2cn(-c3ccc(-c4c5nc(c(-c6ccccc6)c6ccc([nH]6)c(-c6ccccc6)c6nc(c(-c7ccccc7)c7ccc4[nH]7)C=C6)C=C5)cc3)nn2)[C@@H](OC(C)=O)[C@@H](OC(C)=O)[C@@H]1OC(C)=O. The predicted molar refractivity (Wildman–Crippen MR) is 292 cm³/mol. The number of ether oxygens (including phenoxy) is 6. The summed E-state index contributed by atoms with van der Waals surface area (Å²) in [6.45, 7) is 4.05. The van der Waals surface area contributed by atoms with Crippen LogP contribution < -0.4 is 0 Å². The molecule has 8 aromatic rings. The summed E-state index contributed by atoms with van der Waals surface area (Å²) in [5.74, 6) is -2.88. The monoisotopic (exact) mass is 1040 g/mol. The Balaban J connectivity index is 0.989. The second-order valence-electron chi connectivity index (χ2n) is 18.7. The second kappa shape index (κ2) is 21.9. The van der Waals surface area contributed by atoms with Gasteiger partial charge in [-0.15, -0.1) is 5.10 Å². The van der Waals surface area contributed by atoms with E-state index in [9.17, 15) is 19.2 Å². The van der Waals surface area contributed by atoms with Crippen LogP contribution in [0.1, 0.15) is 56.2 Å². The lowest BCUT2D eigenvalue weighted by Gasteiger charge is -2.43. The third-order valence-corrected chi connectivity index (χ3v) is 13.2. The first-order chi connectivity index (χ1) is 37.9. The van der Waals surface area contributed by atoms with Crippen molar-refractivity contribution in [2.24, 2.45) is 0 Å². The van der Waals surface area contributed by atoms with Crippen molar-refractivity contribution in [3.63, 3.8) is 0 Å². The smallest absolute Gasteiger partial charge is 0.303 e. The van der Waals surface area contributed by atoms with E-state index in [-0.39, 0.29) is 6.61 Å². The van der Waals surface area contributed by atoms with Crippen molar-refractivity contribution in [3.05, 3.63) is 174 Å². The van der Waals surface area contributed by atoms with E-state index in [1.807, 2.05) is 84.9 Å². The van der Waals surface area contributed by atoms with Crippen LogP contribution in [0.4, 0.5) is 0 Å². The normalized spacial score (nSPS) is 17.6. The lowest BCUT2D eigenvalue weighted by Crippen LogP contribution is -2.62. The van der Waals surface area contributed by atoms with Gasteiger partial charge in [-0.3, -0.25) is 19.2 Å². The van der Waals surface area contributed by atoms with Crippen molar-refractivity contribution < 1.29 is 47.6 Å². The molecule has 78 heavy (non-hydrogen) atoms. The number of rotatable bonds is 13. The van der Waals surface area contributed by atoms with Gasteiger partial charge in [0.25, 0.3) is 0 Å². The van der Waals surface area contributed by atoms with Gasteiger partial charge in [0, 0.05) is 72.0 Å². The first-order valence-corrected chi connectivity index (χ1v) is 25.2. The van der Waals surface area contributed by atoms with Crippen LogP contribution in [0.2, 0.25) is 0 Å². The summed E-state index contributed by atoms with van der Waals surface area (Å²) < 4.78 is 35.6. The average Bonchev–Trinajstić information content (AvgIpc) is 4.36. The molecule has 3 aliphatic rings. The van der Waals surface area contributed by atoms with Gasteiger partial charge in [-0.1, -0.05) is 108 Å². The van der Waals surface area contributed by atoms with E-state index in [0.717, 1.165) is 110 Å².